The first-order valence-electron chi connectivity index (χ1n) is 21.2. The summed E-state index contributed by atoms with van der Waals surface area (Å²) in [5.41, 5.74) is 0.255. The first kappa shape index (κ1) is 53.6. The molecule has 0 fully saturated rings. The molecule has 0 saturated heterocycles. The molecule has 354 valence electrons. The number of ketones is 3. The molecular formula is C43H59F3N6O10S2. The monoisotopic (exact) mass is 940 g/mol. The quantitative estimate of drug-likeness (QED) is 0.0466. The number of aliphatic carboxylic acids is 1. The number of Topliss-reactive ketones (excluding diaryl/α,β-unsaturated/α-hetero) is 3. The second-order valence-electron chi connectivity index (χ2n) is 17.1. The molecular weight excluding hydrogens is 882 g/mol. The van der Waals surface area contributed by atoms with Crippen LogP contribution in [-0.2, 0) is 43.1 Å². The van der Waals surface area contributed by atoms with Crippen LogP contribution in [0.2, 0.25) is 0 Å². The number of aromatic nitrogens is 1. The summed E-state index contributed by atoms with van der Waals surface area (Å²) in [6.07, 6.45) is -4.18. The maximum absolute atomic E-state index is 13.6. The van der Waals surface area contributed by atoms with Crippen molar-refractivity contribution in [2.45, 2.75) is 129 Å². The average molecular weight is 941 g/mol. The Morgan fingerprint density at radius 2 is 1.64 bits per heavy atom. The zero-order valence-corrected chi connectivity index (χ0v) is 38.7. The Labute approximate surface area is 378 Å². The van der Waals surface area contributed by atoms with Gasteiger partial charge in [-0.1, -0.05) is 19.3 Å². The number of ether oxygens (including phenoxy) is 1. The molecule has 21 heteroatoms. The van der Waals surface area contributed by atoms with Crippen molar-refractivity contribution in [1.82, 2.24) is 20.5 Å². The van der Waals surface area contributed by atoms with Gasteiger partial charge >= 0.3 is 18.1 Å². The largest absolute Gasteiger partial charge is 0.480 e. The molecule has 64 heavy (non-hydrogen) atoms. The highest BCUT2D eigenvalue weighted by Crippen LogP contribution is 2.32. The molecule has 0 unspecified atom stereocenters. The lowest BCUT2D eigenvalue weighted by Crippen LogP contribution is -2.41. The Morgan fingerprint density at radius 1 is 0.938 bits per heavy atom. The molecule has 2 heterocycles. The summed E-state index contributed by atoms with van der Waals surface area (Å²) in [6.45, 7) is 7.56. The Bertz CT molecular complexity index is 2030. The van der Waals surface area contributed by atoms with Gasteiger partial charge in [0.1, 0.15) is 15.7 Å². The number of carbonyl (C=O) groups is 8. The maximum atomic E-state index is 13.6. The van der Waals surface area contributed by atoms with Gasteiger partial charge in [0.15, 0.2) is 11.8 Å². The summed E-state index contributed by atoms with van der Waals surface area (Å²) in [5.74, 6) is -7.87. The second-order valence-corrected chi connectivity index (χ2v) is 19.1. The van der Waals surface area contributed by atoms with Crippen LogP contribution in [0.3, 0.4) is 0 Å². The van der Waals surface area contributed by atoms with E-state index >= 15 is 0 Å². The minimum Gasteiger partial charge on any atom is -0.480 e. The number of nitrogens with one attached hydrogen (secondary N) is 3. The molecule has 0 aliphatic carbocycles. The van der Waals surface area contributed by atoms with E-state index in [2.05, 4.69) is 25.9 Å². The van der Waals surface area contributed by atoms with E-state index in [1.54, 1.807) is 39.0 Å². The number of benzene rings is 1. The molecule has 1 aromatic carbocycles. The van der Waals surface area contributed by atoms with Crippen LogP contribution in [0.1, 0.15) is 110 Å². The van der Waals surface area contributed by atoms with Gasteiger partial charge in [0.2, 0.25) is 23.4 Å². The molecule has 0 radical (unpaired) electrons. The number of rotatable bonds is 27. The third kappa shape index (κ3) is 19.1. The number of nitrogens with zero attached hydrogens (tertiary/aromatic N) is 3. The van der Waals surface area contributed by atoms with Gasteiger partial charge in [-0.25, -0.2) is 9.78 Å². The number of carboxylic acids is 1. The summed E-state index contributed by atoms with van der Waals surface area (Å²) < 4.78 is 44.2. The van der Waals surface area contributed by atoms with Crippen molar-refractivity contribution in [3.63, 3.8) is 0 Å². The smallest absolute Gasteiger partial charge is 0.449 e. The molecule has 3 amide bonds. The molecule has 4 atom stereocenters. The maximum Gasteiger partial charge on any atom is 0.449 e. The summed E-state index contributed by atoms with van der Waals surface area (Å²) in [5, 5.41) is 18.1. The summed E-state index contributed by atoms with van der Waals surface area (Å²) in [7, 11) is 3.90. The van der Waals surface area contributed by atoms with Gasteiger partial charge in [0.05, 0.1) is 22.7 Å². The third-order valence-corrected chi connectivity index (χ3v) is 12.2. The fraction of sp³-hybridized carbons (Fsp3) is 0.628. The van der Waals surface area contributed by atoms with Crippen LogP contribution in [0.4, 0.5) is 18.9 Å². The number of amides is 3. The van der Waals surface area contributed by atoms with Gasteiger partial charge in [0.25, 0.3) is 5.91 Å². The molecule has 16 nitrogen and oxygen atoms in total. The molecule has 0 spiro atoms. The number of thioether (sulfide) groups is 1. The Morgan fingerprint density at radius 3 is 2.28 bits per heavy atom. The zero-order valence-electron chi connectivity index (χ0n) is 37.1. The normalized spacial score (nSPS) is 15.5. The number of fused-ring (bicyclic) bond motifs is 1. The molecule has 3 rings (SSSR count). The van der Waals surface area contributed by atoms with E-state index in [0.717, 1.165) is 19.4 Å². The van der Waals surface area contributed by atoms with E-state index in [9.17, 15) is 56.6 Å². The minimum absolute atomic E-state index is 0.0478. The summed E-state index contributed by atoms with van der Waals surface area (Å²) in [4.78, 5) is 111. The first-order valence-corrected chi connectivity index (χ1v) is 23.0. The van der Waals surface area contributed by atoms with Crippen molar-refractivity contribution in [1.29, 1.82) is 0 Å². The molecule has 4 N–H and O–H groups in total. The van der Waals surface area contributed by atoms with Crippen LogP contribution in [-0.4, -0.2) is 124 Å². The van der Waals surface area contributed by atoms with Gasteiger partial charge in [-0.2, -0.15) is 13.2 Å². The third-order valence-electron chi connectivity index (χ3n) is 9.95. The van der Waals surface area contributed by atoms with Crippen molar-refractivity contribution < 1.29 is 61.4 Å². The Balaban J connectivity index is 1.58. The van der Waals surface area contributed by atoms with Crippen molar-refractivity contribution >= 4 is 91.1 Å². The van der Waals surface area contributed by atoms with Crippen LogP contribution < -0.4 is 16.0 Å². The average Bonchev–Trinajstić information content (AvgIpc) is 3.86. The number of hydrogen-bond donors (Lipinski definition) is 4. The van der Waals surface area contributed by atoms with Gasteiger partial charge < -0.3 is 30.7 Å². The summed E-state index contributed by atoms with van der Waals surface area (Å²) in [6, 6.07) is 2.92. The van der Waals surface area contributed by atoms with E-state index < -0.39 is 96.1 Å². The number of anilines is 1. The van der Waals surface area contributed by atoms with Crippen molar-refractivity contribution in [2.24, 2.45) is 16.8 Å². The van der Waals surface area contributed by atoms with E-state index in [4.69, 9.17) is 4.74 Å². The standard InChI is InChI=1S/C43H59F3N6O10S2/c1-25(48-35(56)18-17-31(53)38(59)47-23-26(12-10-11-19-52(5)6)20-36(57)62-42(2,3)4)32(54)21-27(13-8-7-9-14-34(55)43(44,45)46)37(58)49-28-15-16-29-33(22-28)64-40(50-29)39-51-30(24-63-39)41(60)61/h15-16,22,25-27,30H,7-14,17-21,23-24H2,1-6H3,(H,47,59)(H,48,56)(H,49,58)(H,60,61)/t25-,26+,27+,30+/m0/s1. The number of thiazole rings is 1. The SMILES string of the molecule is C[C@H](NC(=O)CCC(=O)C(=O)NC[C@H](CCCCN(C)C)CC(=O)OC(C)(C)C)C(=O)C[C@@H](CCCCCC(=O)C(F)(F)F)C(=O)Nc1ccc2nc(C3=N[C@@H](C(=O)O)CS3)sc2c1. The number of hydrogen-bond acceptors (Lipinski definition) is 14. The van der Waals surface area contributed by atoms with Gasteiger partial charge in [-0.05, 0) is 98.1 Å². The highest BCUT2D eigenvalue weighted by atomic mass is 32.2. The van der Waals surface area contributed by atoms with Crippen LogP contribution in [0, 0.1) is 11.8 Å². The van der Waals surface area contributed by atoms with E-state index in [1.807, 2.05) is 19.0 Å². The predicted molar refractivity (Wildman–Crippen MR) is 237 cm³/mol. The summed E-state index contributed by atoms with van der Waals surface area (Å²) >= 11 is 2.52. The number of alkyl halides is 3. The van der Waals surface area contributed by atoms with E-state index in [0.29, 0.717) is 32.4 Å². The second kappa shape index (κ2) is 25.1. The van der Waals surface area contributed by atoms with E-state index in [-0.39, 0.29) is 56.7 Å². The van der Waals surface area contributed by atoms with Crippen molar-refractivity contribution in [3.05, 3.63) is 23.2 Å². The number of unbranched alkanes of at least 4 members (excludes halogenated alkanes) is 3. The van der Waals surface area contributed by atoms with E-state index in [1.165, 1.54) is 30.0 Å². The lowest BCUT2D eigenvalue weighted by molar-refractivity contribution is -0.171. The molecule has 1 aromatic heterocycles. The van der Waals surface area contributed by atoms with Crippen LogP contribution >= 0.6 is 23.1 Å². The van der Waals surface area contributed by atoms with Gasteiger partial charge in [-0.15, -0.1) is 23.1 Å². The topological polar surface area (TPSA) is 231 Å². The fourth-order valence-corrected chi connectivity index (χ4v) is 8.62. The highest BCUT2D eigenvalue weighted by molar-refractivity contribution is 8.15. The highest BCUT2D eigenvalue weighted by Gasteiger charge is 2.37. The number of esters is 1. The van der Waals surface area contributed by atoms with Gasteiger partial charge in [0, 0.05) is 49.6 Å². The van der Waals surface area contributed by atoms with Crippen LogP contribution in [0.15, 0.2) is 23.2 Å². The van der Waals surface area contributed by atoms with Crippen molar-refractivity contribution in [3.8, 4) is 0 Å². The zero-order chi connectivity index (χ0) is 47.8. The molecule has 2 aromatic rings. The predicted octanol–water partition coefficient (Wildman–Crippen LogP) is 5.89. The van der Waals surface area contributed by atoms with Crippen LogP contribution in [0.5, 0.6) is 0 Å². The molecule has 1 aliphatic heterocycles. The molecule has 0 bridgehead atoms. The number of aliphatic imine (C=N–C) groups is 1. The van der Waals surface area contributed by atoms with Crippen molar-refractivity contribution in [2.75, 3.05) is 38.3 Å². The minimum atomic E-state index is -4.95. The first-order chi connectivity index (χ1) is 29.9. The Hall–Kier alpha value is -4.76. The Kier molecular flexibility index (Phi) is 21.0. The number of halogens is 3. The van der Waals surface area contributed by atoms with Gasteiger partial charge in [-0.3, -0.25) is 38.6 Å². The number of carbonyl (C=O) groups excluding carboxylic acids is 7. The lowest BCUT2D eigenvalue weighted by atomic mass is 9.92. The molecule has 1 aliphatic rings. The number of carboxylic acid groups (broad SMARTS) is 1. The molecule has 0 saturated carbocycles. The lowest BCUT2D eigenvalue weighted by Gasteiger charge is -2.22. The fourth-order valence-electron chi connectivity index (χ4n) is 6.52. The van der Waals surface area contributed by atoms with Crippen LogP contribution in [0.25, 0.3) is 10.2 Å².